The number of Topliss-reactive ketones (excluding diaryl/α,β-unsaturated/α-hetero) is 2. The zero-order chi connectivity index (χ0) is 19.8. The molecule has 0 saturated heterocycles. The average molecular weight is 391 g/mol. The number of rotatable bonds is 11. The standard InChI is InChI=1S/C20H25NO5S/c1-14-12-16(15(2)21(14)9-5-10-25-3)18(23)13-26-20(24)8-7-17(22)19-6-4-11-27-19/h4,6,11-12H,5,7-10,13H2,1-3H3. The van der Waals surface area contributed by atoms with Crippen molar-refractivity contribution in [2.45, 2.75) is 39.7 Å². The SMILES string of the molecule is COCCCn1c(C)cc(C(=O)COC(=O)CCC(=O)c2cccs2)c1C. The van der Waals surface area contributed by atoms with Crippen molar-refractivity contribution in [1.82, 2.24) is 4.57 Å². The van der Waals surface area contributed by atoms with E-state index in [-0.39, 0.29) is 31.0 Å². The highest BCUT2D eigenvalue weighted by Crippen LogP contribution is 2.17. The molecule has 6 nitrogen and oxygen atoms in total. The van der Waals surface area contributed by atoms with Gasteiger partial charge >= 0.3 is 5.97 Å². The van der Waals surface area contributed by atoms with Gasteiger partial charge in [0.25, 0.3) is 0 Å². The third-order valence-corrected chi connectivity index (χ3v) is 5.23. The Balaban J connectivity index is 1.83. The van der Waals surface area contributed by atoms with E-state index in [0.29, 0.717) is 17.0 Å². The molecule has 0 amide bonds. The summed E-state index contributed by atoms with van der Waals surface area (Å²) in [5.41, 5.74) is 2.41. The summed E-state index contributed by atoms with van der Waals surface area (Å²) in [4.78, 5) is 36.8. The van der Waals surface area contributed by atoms with Gasteiger partial charge in [-0.25, -0.2) is 0 Å². The van der Waals surface area contributed by atoms with Crippen molar-refractivity contribution in [3.63, 3.8) is 0 Å². The maximum absolute atomic E-state index is 12.4. The first-order valence-corrected chi connectivity index (χ1v) is 9.73. The van der Waals surface area contributed by atoms with Crippen LogP contribution in [0.2, 0.25) is 0 Å². The highest BCUT2D eigenvalue weighted by atomic mass is 32.1. The molecule has 0 aromatic carbocycles. The van der Waals surface area contributed by atoms with Crippen LogP contribution in [0.4, 0.5) is 0 Å². The van der Waals surface area contributed by atoms with E-state index in [9.17, 15) is 14.4 Å². The molecule has 27 heavy (non-hydrogen) atoms. The number of ether oxygens (including phenoxy) is 2. The van der Waals surface area contributed by atoms with Crippen molar-refractivity contribution < 1.29 is 23.9 Å². The van der Waals surface area contributed by atoms with Crippen molar-refractivity contribution in [2.75, 3.05) is 20.3 Å². The number of hydrogen-bond donors (Lipinski definition) is 0. The van der Waals surface area contributed by atoms with Gasteiger partial charge in [0.1, 0.15) is 0 Å². The molecular weight excluding hydrogens is 366 g/mol. The van der Waals surface area contributed by atoms with Crippen molar-refractivity contribution >= 4 is 28.9 Å². The van der Waals surface area contributed by atoms with E-state index in [0.717, 1.165) is 24.4 Å². The number of methoxy groups -OCH3 is 1. The van der Waals surface area contributed by atoms with Crippen LogP contribution < -0.4 is 0 Å². The monoisotopic (exact) mass is 391 g/mol. The summed E-state index contributed by atoms with van der Waals surface area (Å²) in [5.74, 6) is -0.867. The van der Waals surface area contributed by atoms with Gasteiger partial charge in [0.2, 0.25) is 5.78 Å². The maximum Gasteiger partial charge on any atom is 0.306 e. The predicted octanol–water partition coefficient (Wildman–Crippen LogP) is 3.59. The number of nitrogens with zero attached hydrogens (tertiary/aromatic N) is 1. The molecule has 0 unspecified atom stereocenters. The fourth-order valence-corrected chi connectivity index (χ4v) is 3.56. The van der Waals surface area contributed by atoms with Crippen molar-refractivity contribution in [1.29, 1.82) is 0 Å². The molecule has 0 radical (unpaired) electrons. The van der Waals surface area contributed by atoms with Crippen LogP contribution in [0.5, 0.6) is 0 Å². The number of aryl methyl sites for hydroxylation is 1. The molecule has 0 spiro atoms. The molecule has 0 atom stereocenters. The first kappa shape index (κ1) is 21.1. The summed E-state index contributed by atoms with van der Waals surface area (Å²) < 4.78 is 12.2. The smallest absolute Gasteiger partial charge is 0.306 e. The summed E-state index contributed by atoms with van der Waals surface area (Å²) in [7, 11) is 1.66. The Hall–Kier alpha value is -2.25. The van der Waals surface area contributed by atoms with E-state index in [1.54, 1.807) is 19.2 Å². The van der Waals surface area contributed by atoms with E-state index >= 15 is 0 Å². The Bertz CT molecular complexity index is 792. The zero-order valence-corrected chi connectivity index (χ0v) is 16.8. The van der Waals surface area contributed by atoms with Crippen LogP contribution in [-0.4, -0.2) is 42.4 Å². The van der Waals surface area contributed by atoms with Gasteiger partial charge in [-0.1, -0.05) is 6.07 Å². The Kier molecular flexibility index (Phi) is 7.94. The van der Waals surface area contributed by atoms with Gasteiger partial charge < -0.3 is 14.0 Å². The predicted molar refractivity (Wildman–Crippen MR) is 104 cm³/mol. The minimum absolute atomic E-state index is 0.0277. The van der Waals surface area contributed by atoms with Gasteiger partial charge in [-0.05, 0) is 37.8 Å². The largest absolute Gasteiger partial charge is 0.457 e. The molecule has 2 aromatic heterocycles. The minimum atomic E-state index is -0.540. The fraction of sp³-hybridized carbons (Fsp3) is 0.450. The van der Waals surface area contributed by atoms with Gasteiger partial charge in [0.15, 0.2) is 12.4 Å². The molecule has 146 valence electrons. The van der Waals surface area contributed by atoms with Gasteiger partial charge in [-0.2, -0.15) is 0 Å². The second-order valence-electron chi connectivity index (χ2n) is 6.27. The quantitative estimate of drug-likeness (QED) is 0.332. The molecule has 0 aliphatic rings. The molecule has 0 fully saturated rings. The van der Waals surface area contributed by atoms with E-state index in [1.807, 2.05) is 25.3 Å². The molecule has 0 saturated carbocycles. The molecule has 0 bridgehead atoms. The molecule has 0 aliphatic heterocycles. The van der Waals surface area contributed by atoms with Gasteiger partial charge in [0.05, 0.1) is 11.3 Å². The molecule has 2 heterocycles. The molecule has 0 N–H and O–H groups in total. The number of ketones is 2. The van der Waals surface area contributed by atoms with Crippen LogP contribution in [0, 0.1) is 13.8 Å². The first-order chi connectivity index (χ1) is 12.9. The Morgan fingerprint density at radius 1 is 1.15 bits per heavy atom. The lowest BCUT2D eigenvalue weighted by molar-refractivity contribution is -0.142. The number of hydrogen-bond acceptors (Lipinski definition) is 6. The second-order valence-corrected chi connectivity index (χ2v) is 7.21. The molecule has 7 heteroatoms. The van der Waals surface area contributed by atoms with Crippen LogP contribution in [0.3, 0.4) is 0 Å². The zero-order valence-electron chi connectivity index (χ0n) is 15.9. The lowest BCUT2D eigenvalue weighted by Gasteiger charge is -2.09. The Morgan fingerprint density at radius 3 is 2.59 bits per heavy atom. The lowest BCUT2D eigenvalue weighted by Crippen LogP contribution is -2.15. The fourth-order valence-electron chi connectivity index (χ4n) is 2.87. The summed E-state index contributed by atoms with van der Waals surface area (Å²) in [6, 6.07) is 5.34. The van der Waals surface area contributed by atoms with Crippen LogP contribution in [0.15, 0.2) is 23.6 Å². The molecule has 2 aromatic rings. The summed E-state index contributed by atoms with van der Waals surface area (Å²) >= 11 is 1.34. The number of carbonyl (C=O) groups is 3. The second kappa shape index (κ2) is 10.2. The maximum atomic E-state index is 12.4. The summed E-state index contributed by atoms with van der Waals surface area (Å²) in [5, 5.41) is 1.82. The van der Waals surface area contributed by atoms with Crippen LogP contribution >= 0.6 is 11.3 Å². The van der Waals surface area contributed by atoms with Gasteiger partial charge in [0, 0.05) is 43.6 Å². The third kappa shape index (κ3) is 5.87. The number of aromatic nitrogens is 1. The van der Waals surface area contributed by atoms with E-state index in [4.69, 9.17) is 9.47 Å². The first-order valence-electron chi connectivity index (χ1n) is 8.85. The summed E-state index contributed by atoms with van der Waals surface area (Å²) in [6.07, 6.45) is 0.912. The molecule has 2 rings (SSSR count). The molecular formula is C20H25NO5S. The Labute approximate surface area is 163 Å². The van der Waals surface area contributed by atoms with Crippen molar-refractivity contribution in [3.05, 3.63) is 45.4 Å². The molecule has 0 aliphatic carbocycles. The van der Waals surface area contributed by atoms with Crippen LogP contribution in [-0.2, 0) is 20.8 Å². The Morgan fingerprint density at radius 2 is 1.93 bits per heavy atom. The highest BCUT2D eigenvalue weighted by molar-refractivity contribution is 7.12. The minimum Gasteiger partial charge on any atom is -0.457 e. The lowest BCUT2D eigenvalue weighted by atomic mass is 10.1. The topological polar surface area (TPSA) is 74.6 Å². The van der Waals surface area contributed by atoms with Crippen molar-refractivity contribution in [3.8, 4) is 0 Å². The summed E-state index contributed by atoms with van der Waals surface area (Å²) in [6.45, 7) is 4.94. The normalized spacial score (nSPS) is 10.8. The van der Waals surface area contributed by atoms with Crippen LogP contribution in [0.1, 0.15) is 50.7 Å². The van der Waals surface area contributed by atoms with E-state index < -0.39 is 5.97 Å². The number of carbonyl (C=O) groups excluding carboxylic acids is 3. The number of esters is 1. The van der Waals surface area contributed by atoms with E-state index in [1.165, 1.54) is 11.3 Å². The number of thiophene rings is 1. The van der Waals surface area contributed by atoms with Gasteiger partial charge in [-0.3, -0.25) is 14.4 Å². The van der Waals surface area contributed by atoms with E-state index in [2.05, 4.69) is 4.57 Å². The third-order valence-electron chi connectivity index (χ3n) is 4.32. The average Bonchev–Trinajstić information content (AvgIpc) is 3.28. The van der Waals surface area contributed by atoms with Gasteiger partial charge in [-0.15, -0.1) is 11.3 Å². The van der Waals surface area contributed by atoms with Crippen molar-refractivity contribution in [2.24, 2.45) is 0 Å². The highest BCUT2D eigenvalue weighted by Gasteiger charge is 2.18. The van der Waals surface area contributed by atoms with Crippen LogP contribution in [0.25, 0.3) is 0 Å².